The van der Waals surface area contributed by atoms with Crippen LogP contribution in [0.4, 0.5) is 4.79 Å². The van der Waals surface area contributed by atoms with Crippen LogP contribution in [0.3, 0.4) is 0 Å². The molecule has 0 aliphatic carbocycles. The molecule has 2 aliphatic heterocycles. The Morgan fingerprint density at radius 3 is 1.92 bits per heavy atom. The summed E-state index contributed by atoms with van der Waals surface area (Å²) in [5, 5.41) is 4.13. The fraction of sp³-hybridized carbons (Fsp3) is 0.462. The molecule has 5 rings (SSSR count). The largest absolute Gasteiger partial charge is 0.458 e. The molecule has 2 aliphatic rings. The Morgan fingerprint density at radius 2 is 1.40 bits per heavy atom. The van der Waals surface area contributed by atoms with Crippen LogP contribution in [0.5, 0.6) is 0 Å². The van der Waals surface area contributed by atoms with E-state index in [0.29, 0.717) is 16.5 Å². The zero-order valence-corrected chi connectivity index (χ0v) is 32.3. The summed E-state index contributed by atoms with van der Waals surface area (Å²) in [6, 6.07) is 17.1. The number of rotatable bonds is 11. The number of likely N-dealkylation sites (tertiary alicyclic amines) is 1. The lowest BCUT2D eigenvalue weighted by Gasteiger charge is -2.36. The van der Waals surface area contributed by atoms with E-state index in [4.69, 9.17) is 18.5 Å². The SMILES string of the molecule is COP(=O)(OC)[C@H]1[C@H](CCN2C(=O)c3cccc4cccc(c34)C2=O)C[C@@H](C(=O)N[C@@H](Cc2ccccc2)C(=O)OC(C)(C)C)N1C(=O)OC(C)(C)C. The first-order chi connectivity index (χ1) is 24.9. The molecule has 0 spiro atoms. The first-order valence-corrected chi connectivity index (χ1v) is 19.2. The molecule has 13 nitrogen and oxygen atoms in total. The van der Waals surface area contributed by atoms with Gasteiger partial charge in [0.1, 0.15) is 29.1 Å². The number of nitrogens with zero attached hydrogens (tertiary/aromatic N) is 2. The van der Waals surface area contributed by atoms with E-state index in [1.807, 2.05) is 42.5 Å². The molecule has 3 aromatic carbocycles. The van der Waals surface area contributed by atoms with Gasteiger partial charge in [0.25, 0.3) is 11.8 Å². The molecule has 0 saturated carbocycles. The maximum Gasteiger partial charge on any atom is 0.411 e. The quantitative estimate of drug-likeness (QED) is 0.133. The Labute approximate surface area is 309 Å². The molecule has 0 bridgehead atoms. The van der Waals surface area contributed by atoms with E-state index in [-0.39, 0.29) is 25.8 Å². The van der Waals surface area contributed by atoms with Gasteiger partial charge in [0.15, 0.2) is 0 Å². The zero-order valence-electron chi connectivity index (χ0n) is 31.4. The van der Waals surface area contributed by atoms with E-state index in [1.54, 1.807) is 65.8 Å². The molecular weight excluding hydrogens is 701 g/mol. The third kappa shape index (κ3) is 8.64. The van der Waals surface area contributed by atoms with E-state index >= 15 is 0 Å². The molecule has 14 heteroatoms. The summed E-state index contributed by atoms with van der Waals surface area (Å²) < 4.78 is 36.7. The maximum atomic E-state index is 14.4. The third-order valence-electron chi connectivity index (χ3n) is 9.18. The van der Waals surface area contributed by atoms with Gasteiger partial charge in [-0.3, -0.25) is 28.7 Å². The van der Waals surface area contributed by atoms with Crippen molar-refractivity contribution in [2.24, 2.45) is 5.92 Å². The highest BCUT2D eigenvalue weighted by molar-refractivity contribution is 7.54. The van der Waals surface area contributed by atoms with Crippen LogP contribution in [0.1, 0.15) is 80.7 Å². The van der Waals surface area contributed by atoms with E-state index in [1.165, 1.54) is 14.2 Å². The van der Waals surface area contributed by atoms with Gasteiger partial charge in [0.2, 0.25) is 5.91 Å². The summed E-state index contributed by atoms with van der Waals surface area (Å²) in [5.74, 6) is -4.54. The van der Waals surface area contributed by atoms with Gasteiger partial charge in [-0.25, -0.2) is 9.59 Å². The normalized spacial score (nSPS) is 19.7. The molecular formula is C39H48N3O10P. The van der Waals surface area contributed by atoms with Crippen molar-refractivity contribution >= 4 is 48.2 Å². The molecule has 4 amide bonds. The van der Waals surface area contributed by atoms with Gasteiger partial charge in [0.05, 0.1) is 0 Å². The lowest BCUT2D eigenvalue weighted by Crippen LogP contribution is -2.54. The molecule has 1 fully saturated rings. The molecule has 1 N–H and O–H groups in total. The van der Waals surface area contributed by atoms with Crippen LogP contribution < -0.4 is 5.32 Å². The Bertz CT molecular complexity index is 1880. The van der Waals surface area contributed by atoms with Crippen molar-refractivity contribution in [2.45, 2.75) is 89.9 Å². The van der Waals surface area contributed by atoms with Gasteiger partial charge in [-0.15, -0.1) is 0 Å². The summed E-state index contributed by atoms with van der Waals surface area (Å²) in [6.45, 7) is 9.98. The molecule has 1 saturated heterocycles. The Balaban J connectivity index is 1.50. The van der Waals surface area contributed by atoms with Crippen LogP contribution in [0.15, 0.2) is 66.7 Å². The number of benzene rings is 3. The Morgan fingerprint density at radius 1 is 0.830 bits per heavy atom. The molecule has 53 heavy (non-hydrogen) atoms. The van der Waals surface area contributed by atoms with E-state index in [2.05, 4.69) is 5.32 Å². The lowest BCUT2D eigenvalue weighted by molar-refractivity contribution is -0.158. The smallest absolute Gasteiger partial charge is 0.411 e. The highest BCUT2D eigenvalue weighted by Gasteiger charge is 2.57. The van der Waals surface area contributed by atoms with Crippen LogP contribution in [-0.4, -0.2) is 89.4 Å². The predicted octanol–water partition coefficient (Wildman–Crippen LogP) is 6.33. The van der Waals surface area contributed by atoms with Crippen LogP contribution >= 0.6 is 7.60 Å². The van der Waals surface area contributed by atoms with Gasteiger partial charge in [-0.05, 0) is 83.4 Å². The summed E-state index contributed by atoms with van der Waals surface area (Å²) in [6.07, 6.45) is -0.918. The van der Waals surface area contributed by atoms with Crippen LogP contribution in [0.25, 0.3) is 10.8 Å². The summed E-state index contributed by atoms with van der Waals surface area (Å²) in [7, 11) is -1.85. The minimum Gasteiger partial charge on any atom is -0.458 e. The Kier molecular flexibility index (Phi) is 11.5. The fourth-order valence-corrected chi connectivity index (χ4v) is 8.88. The molecule has 3 aromatic rings. The number of hydrogen-bond acceptors (Lipinski definition) is 10. The predicted molar refractivity (Wildman–Crippen MR) is 197 cm³/mol. The van der Waals surface area contributed by atoms with E-state index in [0.717, 1.165) is 20.7 Å². The number of hydrogen-bond donors (Lipinski definition) is 1. The van der Waals surface area contributed by atoms with Crippen LogP contribution in [0.2, 0.25) is 0 Å². The maximum absolute atomic E-state index is 14.4. The van der Waals surface area contributed by atoms with Crippen LogP contribution in [0, 0.1) is 5.92 Å². The molecule has 284 valence electrons. The van der Waals surface area contributed by atoms with Crippen molar-refractivity contribution in [2.75, 3.05) is 20.8 Å². The molecule has 4 atom stereocenters. The average Bonchev–Trinajstić information content (AvgIpc) is 3.49. The minimum absolute atomic E-state index is 0.0274. The number of esters is 1. The minimum atomic E-state index is -4.20. The van der Waals surface area contributed by atoms with Gasteiger partial charge in [-0.1, -0.05) is 54.6 Å². The van der Waals surface area contributed by atoms with Crippen LogP contribution in [-0.2, 0) is 39.1 Å². The number of carbonyl (C=O) groups is 5. The zero-order chi connectivity index (χ0) is 38.9. The van der Waals surface area contributed by atoms with Gasteiger partial charge < -0.3 is 23.8 Å². The first-order valence-electron chi connectivity index (χ1n) is 17.5. The second kappa shape index (κ2) is 15.4. The van der Waals surface area contributed by atoms with Gasteiger partial charge in [0, 0.05) is 43.7 Å². The summed E-state index contributed by atoms with van der Waals surface area (Å²) in [4.78, 5) is 71.6. The van der Waals surface area contributed by atoms with Crippen molar-refractivity contribution in [3.63, 3.8) is 0 Å². The van der Waals surface area contributed by atoms with Gasteiger partial charge in [-0.2, -0.15) is 0 Å². The second-order valence-corrected chi connectivity index (χ2v) is 17.6. The monoisotopic (exact) mass is 749 g/mol. The standard InChI is InChI=1S/C39H48N3O10P/c1-38(2,3)51-36(46)29(22-24-14-10-9-11-15-24)40-32(43)30-23-26(35(53(48,49-7)50-8)42(30)37(47)52-39(4,5)6)20-21-41-33(44)27-18-12-16-25-17-13-19-28(31(25)27)34(41)45/h9-19,26,29-30,35H,20-23H2,1-8H3,(H,40,43)/t26-,29+,30+,35+/m1/s1. The first kappa shape index (κ1) is 39.6. The molecule has 0 aromatic heterocycles. The van der Waals surface area contributed by atoms with Crippen molar-refractivity contribution in [1.29, 1.82) is 0 Å². The molecule has 0 radical (unpaired) electrons. The highest BCUT2D eigenvalue weighted by Crippen LogP contribution is 2.60. The lowest BCUT2D eigenvalue weighted by atomic mass is 9.93. The van der Waals surface area contributed by atoms with Crippen molar-refractivity contribution in [3.8, 4) is 0 Å². The summed E-state index contributed by atoms with van der Waals surface area (Å²) >= 11 is 0. The van der Waals surface area contributed by atoms with Crippen molar-refractivity contribution < 1.29 is 47.1 Å². The van der Waals surface area contributed by atoms with Gasteiger partial charge >= 0.3 is 19.7 Å². The number of nitrogens with one attached hydrogen (secondary N) is 1. The number of imide groups is 1. The van der Waals surface area contributed by atoms with E-state index < -0.39 is 72.4 Å². The topological polar surface area (TPSA) is 158 Å². The number of carbonyl (C=O) groups excluding carboxylic acids is 5. The highest BCUT2D eigenvalue weighted by atomic mass is 31.2. The second-order valence-electron chi connectivity index (χ2n) is 15.3. The summed E-state index contributed by atoms with van der Waals surface area (Å²) in [5.41, 5.74) is -0.370. The number of ether oxygens (including phenoxy) is 2. The fourth-order valence-electron chi connectivity index (χ4n) is 6.95. The number of amides is 4. The third-order valence-corrected chi connectivity index (χ3v) is 11.5. The van der Waals surface area contributed by atoms with Crippen molar-refractivity contribution in [1.82, 2.24) is 15.1 Å². The average molecular weight is 750 g/mol. The Hall–Kier alpha value is -4.58. The molecule has 2 heterocycles. The van der Waals surface area contributed by atoms with E-state index in [9.17, 15) is 28.5 Å². The van der Waals surface area contributed by atoms with Crippen molar-refractivity contribution in [3.05, 3.63) is 83.4 Å². The molecule has 0 unspecified atom stereocenters.